The largest absolute Gasteiger partial charge is 0.399 e. The third-order valence-corrected chi connectivity index (χ3v) is 6.54. The van der Waals surface area contributed by atoms with Crippen molar-refractivity contribution in [3.63, 3.8) is 0 Å². The number of hydrogen-bond acceptors (Lipinski definition) is 2. The molecule has 1 N–H and O–H groups in total. The summed E-state index contributed by atoms with van der Waals surface area (Å²) in [5, 5.41) is 9.69. The van der Waals surface area contributed by atoms with Gasteiger partial charge in [-0.1, -0.05) is 77.3 Å². The van der Waals surface area contributed by atoms with Crippen LogP contribution in [-0.2, 0) is 6.54 Å². The molecule has 2 unspecified atom stereocenters. The number of aliphatic hydroxyl groups is 1. The summed E-state index contributed by atoms with van der Waals surface area (Å²) in [6, 6.07) is 13.0. The van der Waals surface area contributed by atoms with E-state index in [0.29, 0.717) is 22.3 Å². The topological polar surface area (TPSA) is 40.5 Å². The Morgan fingerprint density at radius 2 is 1.66 bits per heavy atom. The number of hydrogen-bond donors (Lipinski definition) is 1. The Labute approximate surface area is 213 Å². The number of halogens is 7. The second-order valence-corrected chi connectivity index (χ2v) is 9.14. The normalized spacial score (nSPS) is 16.7. The zero-order chi connectivity index (χ0) is 25.5. The fraction of sp³-hybridized carbons (Fsp3) is 0.160. The molecule has 0 fully saturated rings. The number of rotatable bonds is 5. The van der Waals surface area contributed by atoms with E-state index >= 15 is 0 Å². The first-order valence-corrected chi connectivity index (χ1v) is 11.4. The Bertz CT molecular complexity index is 1300. The molecule has 4 rings (SSSR count). The lowest BCUT2D eigenvalue weighted by Gasteiger charge is -2.21. The molecule has 1 aliphatic rings. The zero-order valence-corrected chi connectivity index (χ0v) is 19.9. The van der Waals surface area contributed by atoms with E-state index in [1.165, 1.54) is 23.1 Å². The van der Waals surface area contributed by atoms with Crippen LogP contribution in [0.2, 0.25) is 15.1 Å². The van der Waals surface area contributed by atoms with Gasteiger partial charge in [-0.05, 0) is 41.0 Å². The summed E-state index contributed by atoms with van der Waals surface area (Å²) in [7, 11) is 0. The SMILES string of the molecule is O=C1c2ccccc2C(O)N1Cc1ccc(/C=C/C(c2cc(Cl)c(F)c(Cl)c2)C(F)(F)F)cc1Cl. The van der Waals surface area contributed by atoms with Gasteiger partial charge in [0.25, 0.3) is 5.91 Å². The molecule has 3 nitrogen and oxygen atoms in total. The van der Waals surface area contributed by atoms with Crippen LogP contribution in [-0.4, -0.2) is 22.1 Å². The molecule has 35 heavy (non-hydrogen) atoms. The minimum atomic E-state index is -4.69. The van der Waals surface area contributed by atoms with Gasteiger partial charge in [0.2, 0.25) is 0 Å². The number of nitrogens with zero attached hydrogens (tertiary/aromatic N) is 1. The van der Waals surface area contributed by atoms with Gasteiger partial charge in [0.05, 0.1) is 22.5 Å². The first-order chi connectivity index (χ1) is 16.5. The van der Waals surface area contributed by atoms with E-state index in [1.807, 2.05) is 0 Å². The molecular formula is C25H16Cl3F4NO2. The first-order valence-electron chi connectivity index (χ1n) is 10.2. The fourth-order valence-corrected chi connectivity index (χ4v) is 4.61. The predicted octanol–water partition coefficient (Wildman–Crippen LogP) is 7.79. The maximum absolute atomic E-state index is 13.7. The van der Waals surface area contributed by atoms with Crippen LogP contribution in [0.1, 0.15) is 44.8 Å². The van der Waals surface area contributed by atoms with Crippen LogP contribution in [0.5, 0.6) is 0 Å². The minimum absolute atomic E-state index is 0.00919. The highest BCUT2D eigenvalue weighted by molar-refractivity contribution is 6.35. The quantitative estimate of drug-likeness (QED) is 0.263. The number of amides is 1. The van der Waals surface area contributed by atoms with Gasteiger partial charge in [-0.15, -0.1) is 0 Å². The molecule has 182 valence electrons. The average Bonchev–Trinajstić information content (AvgIpc) is 3.03. The standard InChI is InChI=1S/C25H16Cl3F4NO2/c26-19-9-13(6-8-18(25(30,31)32)15-10-20(27)22(29)21(28)11-15)5-7-14(19)12-33-23(34)16-3-1-2-4-17(16)24(33)35/h1-11,18,23,34H,12H2/b8-6+. The average molecular weight is 545 g/mol. The van der Waals surface area contributed by atoms with Crippen molar-refractivity contribution >= 4 is 46.8 Å². The summed E-state index contributed by atoms with van der Waals surface area (Å²) in [5.74, 6) is -3.43. The molecule has 0 saturated carbocycles. The van der Waals surface area contributed by atoms with Crippen molar-refractivity contribution in [2.75, 3.05) is 0 Å². The van der Waals surface area contributed by atoms with Gasteiger partial charge in [0.15, 0.2) is 12.0 Å². The molecule has 0 spiro atoms. The van der Waals surface area contributed by atoms with Crippen LogP contribution < -0.4 is 0 Å². The van der Waals surface area contributed by atoms with Crippen LogP contribution in [0.3, 0.4) is 0 Å². The molecule has 0 aliphatic carbocycles. The van der Waals surface area contributed by atoms with Crippen molar-refractivity contribution < 1.29 is 27.5 Å². The van der Waals surface area contributed by atoms with Gasteiger partial charge >= 0.3 is 6.18 Å². The Morgan fingerprint density at radius 1 is 1.00 bits per heavy atom. The summed E-state index contributed by atoms with van der Waals surface area (Å²) in [6.07, 6.45) is -3.69. The van der Waals surface area contributed by atoms with Gasteiger partial charge in [0.1, 0.15) is 0 Å². The Kier molecular flexibility index (Phi) is 7.16. The highest BCUT2D eigenvalue weighted by atomic mass is 35.5. The predicted molar refractivity (Wildman–Crippen MR) is 127 cm³/mol. The van der Waals surface area contributed by atoms with Crippen molar-refractivity contribution in [2.24, 2.45) is 0 Å². The lowest BCUT2D eigenvalue weighted by atomic mass is 9.96. The zero-order valence-electron chi connectivity index (χ0n) is 17.7. The molecule has 0 bridgehead atoms. The summed E-state index contributed by atoms with van der Waals surface area (Å²) in [4.78, 5) is 13.9. The maximum Gasteiger partial charge on any atom is 0.399 e. The van der Waals surface area contributed by atoms with Gasteiger partial charge in [-0.25, -0.2) is 4.39 Å². The lowest BCUT2D eigenvalue weighted by Crippen LogP contribution is -2.27. The van der Waals surface area contributed by atoms with E-state index in [0.717, 1.165) is 18.2 Å². The molecule has 2 atom stereocenters. The van der Waals surface area contributed by atoms with E-state index in [9.17, 15) is 27.5 Å². The van der Waals surface area contributed by atoms with Crippen molar-refractivity contribution in [2.45, 2.75) is 24.9 Å². The van der Waals surface area contributed by atoms with Gasteiger partial charge in [-0.2, -0.15) is 13.2 Å². The van der Waals surface area contributed by atoms with E-state index in [2.05, 4.69) is 0 Å². The Hall–Kier alpha value is -2.58. The smallest absolute Gasteiger partial charge is 0.369 e. The van der Waals surface area contributed by atoms with Gasteiger partial charge in [0, 0.05) is 16.1 Å². The lowest BCUT2D eigenvalue weighted by molar-refractivity contribution is -0.139. The van der Waals surface area contributed by atoms with Crippen LogP contribution >= 0.6 is 34.8 Å². The molecular weight excluding hydrogens is 529 g/mol. The van der Waals surface area contributed by atoms with Gasteiger partial charge in [-0.3, -0.25) is 4.79 Å². The van der Waals surface area contributed by atoms with E-state index in [1.54, 1.807) is 30.3 Å². The molecule has 0 aromatic heterocycles. The van der Waals surface area contributed by atoms with Crippen LogP contribution in [0.25, 0.3) is 6.08 Å². The van der Waals surface area contributed by atoms with E-state index in [-0.39, 0.29) is 23.0 Å². The fourth-order valence-electron chi connectivity index (χ4n) is 3.86. The number of carbonyl (C=O) groups is 1. The highest BCUT2D eigenvalue weighted by Gasteiger charge is 2.39. The summed E-state index contributed by atoms with van der Waals surface area (Å²) >= 11 is 17.7. The van der Waals surface area contributed by atoms with Crippen molar-refractivity contribution in [1.29, 1.82) is 0 Å². The Balaban J connectivity index is 1.56. The summed E-state index contributed by atoms with van der Waals surface area (Å²) in [6.45, 7) is 0.00919. The molecule has 1 amide bonds. The maximum atomic E-state index is 13.7. The molecule has 10 heteroatoms. The van der Waals surface area contributed by atoms with E-state index < -0.39 is 34.2 Å². The van der Waals surface area contributed by atoms with Crippen LogP contribution in [0.4, 0.5) is 17.6 Å². The second kappa shape index (κ2) is 9.82. The van der Waals surface area contributed by atoms with Crippen molar-refractivity contribution in [3.8, 4) is 0 Å². The molecule has 3 aromatic rings. The molecule has 3 aromatic carbocycles. The summed E-state index contributed by atoms with van der Waals surface area (Å²) in [5.41, 5.74) is 1.45. The monoisotopic (exact) mass is 543 g/mol. The molecule has 0 radical (unpaired) electrons. The number of fused-ring (bicyclic) bond motifs is 1. The first kappa shape index (κ1) is 25.5. The highest BCUT2D eigenvalue weighted by Crippen LogP contribution is 2.40. The third-order valence-electron chi connectivity index (χ3n) is 5.64. The number of aliphatic hydroxyl groups excluding tert-OH is 1. The van der Waals surface area contributed by atoms with Crippen molar-refractivity contribution in [1.82, 2.24) is 4.90 Å². The number of allylic oxidation sites excluding steroid dienone is 1. The number of alkyl halides is 3. The van der Waals surface area contributed by atoms with Crippen LogP contribution in [0.15, 0.2) is 60.7 Å². The number of carbonyl (C=O) groups excluding carboxylic acids is 1. The van der Waals surface area contributed by atoms with Crippen LogP contribution in [0, 0.1) is 5.82 Å². The van der Waals surface area contributed by atoms with E-state index in [4.69, 9.17) is 34.8 Å². The molecule has 0 saturated heterocycles. The molecule has 1 heterocycles. The Morgan fingerprint density at radius 3 is 2.26 bits per heavy atom. The third kappa shape index (κ3) is 5.19. The second-order valence-electron chi connectivity index (χ2n) is 7.92. The molecule has 1 aliphatic heterocycles. The minimum Gasteiger partial charge on any atom is -0.369 e. The number of benzene rings is 3. The van der Waals surface area contributed by atoms with Gasteiger partial charge < -0.3 is 10.0 Å². The van der Waals surface area contributed by atoms with Crippen molar-refractivity contribution in [3.05, 3.63) is 109 Å². The summed E-state index contributed by atoms with van der Waals surface area (Å²) < 4.78 is 54.8.